The molecule has 0 saturated carbocycles. The van der Waals surface area contributed by atoms with Gasteiger partial charge in [-0.1, -0.05) is 12.1 Å². The molecule has 4 heteroatoms. The summed E-state index contributed by atoms with van der Waals surface area (Å²) in [4.78, 5) is 5.26. The fourth-order valence-corrected chi connectivity index (χ4v) is 2.45. The Kier molecular flexibility index (Phi) is 3.31. The highest BCUT2D eigenvalue weighted by atomic mass is 32.1. The van der Waals surface area contributed by atoms with Crippen LogP contribution in [0.1, 0.15) is 21.1 Å². The smallest absolute Gasteiger partial charge is 0.123 e. The van der Waals surface area contributed by atoms with Crippen molar-refractivity contribution in [3.05, 3.63) is 51.2 Å². The molecule has 0 fully saturated rings. The maximum Gasteiger partial charge on any atom is 0.123 e. The summed E-state index contributed by atoms with van der Waals surface area (Å²) in [6.45, 7) is 1.92. The SMILES string of the molecule is Cc1nc(Cc2ccc(F)cc2)sc1CO. The second-order valence-corrected chi connectivity index (χ2v) is 4.75. The van der Waals surface area contributed by atoms with E-state index in [9.17, 15) is 4.39 Å². The first-order chi connectivity index (χ1) is 7.69. The molecule has 0 radical (unpaired) electrons. The summed E-state index contributed by atoms with van der Waals surface area (Å²) in [5.74, 6) is -0.227. The van der Waals surface area contributed by atoms with Crippen molar-refractivity contribution in [2.75, 3.05) is 0 Å². The van der Waals surface area contributed by atoms with Crippen LogP contribution in [-0.2, 0) is 13.0 Å². The summed E-state index contributed by atoms with van der Waals surface area (Å²) in [5, 5.41) is 10.0. The Balaban J connectivity index is 2.17. The minimum Gasteiger partial charge on any atom is -0.391 e. The summed E-state index contributed by atoms with van der Waals surface area (Å²) >= 11 is 1.50. The van der Waals surface area contributed by atoms with Crippen molar-refractivity contribution in [1.29, 1.82) is 0 Å². The number of nitrogens with zero attached hydrogens (tertiary/aromatic N) is 1. The van der Waals surface area contributed by atoms with E-state index in [1.165, 1.54) is 23.5 Å². The van der Waals surface area contributed by atoms with Crippen LogP contribution in [0.4, 0.5) is 4.39 Å². The summed E-state index contributed by atoms with van der Waals surface area (Å²) in [7, 11) is 0. The summed E-state index contributed by atoms with van der Waals surface area (Å²) in [6.07, 6.45) is 0.686. The van der Waals surface area contributed by atoms with Crippen molar-refractivity contribution < 1.29 is 9.50 Å². The second kappa shape index (κ2) is 4.72. The highest BCUT2D eigenvalue weighted by Crippen LogP contribution is 2.20. The largest absolute Gasteiger partial charge is 0.391 e. The first-order valence-corrected chi connectivity index (χ1v) is 5.81. The van der Waals surface area contributed by atoms with Crippen LogP contribution in [-0.4, -0.2) is 10.1 Å². The third-order valence-electron chi connectivity index (χ3n) is 2.35. The lowest BCUT2D eigenvalue weighted by Gasteiger charge is -1.96. The van der Waals surface area contributed by atoms with E-state index in [1.807, 2.05) is 6.92 Å². The Morgan fingerprint density at radius 3 is 2.56 bits per heavy atom. The Morgan fingerprint density at radius 2 is 2.00 bits per heavy atom. The Labute approximate surface area is 97.4 Å². The molecule has 1 aromatic heterocycles. The summed E-state index contributed by atoms with van der Waals surface area (Å²) < 4.78 is 12.7. The van der Waals surface area contributed by atoms with Crippen molar-refractivity contribution in [2.45, 2.75) is 20.0 Å². The molecular formula is C12H12FNOS. The van der Waals surface area contributed by atoms with E-state index in [-0.39, 0.29) is 12.4 Å². The molecule has 0 aliphatic rings. The van der Waals surface area contributed by atoms with Gasteiger partial charge < -0.3 is 5.11 Å². The van der Waals surface area contributed by atoms with E-state index in [2.05, 4.69) is 4.98 Å². The maximum absolute atomic E-state index is 12.7. The van der Waals surface area contributed by atoms with Crippen molar-refractivity contribution in [1.82, 2.24) is 4.98 Å². The van der Waals surface area contributed by atoms with Crippen molar-refractivity contribution in [2.24, 2.45) is 0 Å². The maximum atomic E-state index is 12.7. The molecule has 0 spiro atoms. The van der Waals surface area contributed by atoms with Crippen molar-refractivity contribution in [3.8, 4) is 0 Å². The monoisotopic (exact) mass is 237 g/mol. The molecule has 2 rings (SSSR count). The summed E-state index contributed by atoms with van der Waals surface area (Å²) in [5.41, 5.74) is 1.91. The van der Waals surface area contributed by atoms with Crippen molar-refractivity contribution >= 4 is 11.3 Å². The molecule has 84 valence electrons. The molecule has 0 aliphatic carbocycles. The molecule has 2 nitrogen and oxygen atoms in total. The standard InChI is InChI=1S/C12H12FNOS/c1-8-11(7-15)16-12(14-8)6-9-2-4-10(13)5-3-9/h2-5,15H,6-7H2,1H3. The molecule has 1 heterocycles. The normalized spacial score (nSPS) is 10.7. The number of halogens is 1. The molecule has 1 aromatic carbocycles. The molecular weight excluding hydrogens is 225 g/mol. The van der Waals surface area contributed by atoms with Gasteiger partial charge in [0, 0.05) is 6.42 Å². The first kappa shape index (κ1) is 11.2. The number of hydrogen-bond donors (Lipinski definition) is 1. The van der Waals surface area contributed by atoms with E-state index in [4.69, 9.17) is 5.11 Å². The molecule has 16 heavy (non-hydrogen) atoms. The Bertz CT molecular complexity index is 478. The third-order valence-corrected chi connectivity index (χ3v) is 3.49. The predicted molar refractivity (Wildman–Crippen MR) is 62.0 cm³/mol. The lowest BCUT2D eigenvalue weighted by molar-refractivity contribution is 0.284. The second-order valence-electron chi connectivity index (χ2n) is 3.58. The van der Waals surface area contributed by atoms with E-state index in [0.717, 1.165) is 21.1 Å². The molecule has 0 saturated heterocycles. The number of aromatic nitrogens is 1. The minimum absolute atomic E-state index is 0.0346. The van der Waals surface area contributed by atoms with Gasteiger partial charge in [0.15, 0.2) is 0 Å². The topological polar surface area (TPSA) is 33.1 Å². The van der Waals surface area contributed by atoms with Gasteiger partial charge in [-0.3, -0.25) is 0 Å². The predicted octanol–water partition coefficient (Wildman–Crippen LogP) is 2.67. The summed E-state index contributed by atoms with van der Waals surface area (Å²) in [6, 6.07) is 6.40. The number of aliphatic hydroxyl groups excluding tert-OH is 1. The average molecular weight is 237 g/mol. The highest BCUT2D eigenvalue weighted by Gasteiger charge is 2.07. The van der Waals surface area contributed by atoms with Gasteiger partial charge in [-0.2, -0.15) is 0 Å². The van der Waals surface area contributed by atoms with Gasteiger partial charge in [0.25, 0.3) is 0 Å². The zero-order valence-corrected chi connectivity index (χ0v) is 9.72. The molecule has 0 atom stereocenters. The van der Waals surface area contributed by atoms with Gasteiger partial charge in [-0.15, -0.1) is 11.3 Å². The Morgan fingerprint density at radius 1 is 1.31 bits per heavy atom. The fraction of sp³-hybridized carbons (Fsp3) is 0.250. The molecule has 0 bridgehead atoms. The van der Waals surface area contributed by atoms with Crippen LogP contribution in [0.15, 0.2) is 24.3 Å². The highest BCUT2D eigenvalue weighted by molar-refractivity contribution is 7.11. The fourth-order valence-electron chi connectivity index (χ4n) is 1.49. The molecule has 0 unspecified atom stereocenters. The van der Waals surface area contributed by atoms with Crippen LogP contribution in [0.2, 0.25) is 0 Å². The quantitative estimate of drug-likeness (QED) is 0.890. The van der Waals surface area contributed by atoms with Crippen LogP contribution in [0, 0.1) is 12.7 Å². The van der Waals surface area contributed by atoms with E-state index in [0.29, 0.717) is 6.42 Å². The van der Waals surface area contributed by atoms with Gasteiger partial charge >= 0.3 is 0 Å². The molecule has 2 aromatic rings. The van der Waals surface area contributed by atoms with Crippen LogP contribution < -0.4 is 0 Å². The minimum atomic E-state index is -0.227. The molecule has 1 N–H and O–H groups in total. The van der Waals surface area contributed by atoms with Gasteiger partial charge in [-0.25, -0.2) is 9.37 Å². The van der Waals surface area contributed by atoms with Gasteiger partial charge in [0.2, 0.25) is 0 Å². The van der Waals surface area contributed by atoms with E-state index in [1.54, 1.807) is 12.1 Å². The zero-order valence-electron chi connectivity index (χ0n) is 8.90. The number of aliphatic hydroxyl groups is 1. The Hall–Kier alpha value is -1.26. The van der Waals surface area contributed by atoms with Crippen LogP contribution in [0.5, 0.6) is 0 Å². The van der Waals surface area contributed by atoms with E-state index < -0.39 is 0 Å². The van der Waals surface area contributed by atoms with Crippen LogP contribution >= 0.6 is 11.3 Å². The number of hydrogen-bond acceptors (Lipinski definition) is 3. The lowest BCUT2D eigenvalue weighted by atomic mass is 10.1. The van der Waals surface area contributed by atoms with Crippen LogP contribution in [0.25, 0.3) is 0 Å². The third kappa shape index (κ3) is 2.46. The molecule has 0 amide bonds. The first-order valence-electron chi connectivity index (χ1n) is 4.99. The number of aryl methyl sites for hydroxylation is 1. The van der Waals surface area contributed by atoms with Gasteiger partial charge in [0.05, 0.1) is 22.2 Å². The van der Waals surface area contributed by atoms with E-state index >= 15 is 0 Å². The lowest BCUT2D eigenvalue weighted by Crippen LogP contribution is -1.87. The number of rotatable bonds is 3. The van der Waals surface area contributed by atoms with Crippen molar-refractivity contribution in [3.63, 3.8) is 0 Å². The van der Waals surface area contributed by atoms with Gasteiger partial charge in [-0.05, 0) is 24.6 Å². The van der Waals surface area contributed by atoms with Crippen LogP contribution in [0.3, 0.4) is 0 Å². The number of thiazole rings is 1. The number of benzene rings is 1. The average Bonchev–Trinajstić information content (AvgIpc) is 2.62. The molecule has 0 aliphatic heterocycles. The van der Waals surface area contributed by atoms with Gasteiger partial charge in [0.1, 0.15) is 5.82 Å². The zero-order chi connectivity index (χ0) is 11.5.